The number of likely N-dealkylation sites (N-methyl/N-ethyl adjacent to an activating group) is 1. The van der Waals surface area contributed by atoms with E-state index in [-0.39, 0.29) is 5.97 Å². The molecule has 0 amide bonds. The van der Waals surface area contributed by atoms with E-state index in [1.165, 1.54) is 32.9 Å². The van der Waals surface area contributed by atoms with E-state index in [2.05, 4.69) is 16.8 Å². The van der Waals surface area contributed by atoms with Crippen LogP contribution in [0.15, 0.2) is 0 Å². The molecule has 0 saturated carbocycles. The molecule has 2 bridgehead atoms. The van der Waals surface area contributed by atoms with Crippen molar-refractivity contribution in [1.29, 1.82) is 0 Å². The van der Waals surface area contributed by atoms with Crippen LogP contribution in [0.2, 0.25) is 0 Å². The van der Waals surface area contributed by atoms with Crippen molar-refractivity contribution in [3.63, 3.8) is 0 Å². The van der Waals surface area contributed by atoms with Crippen molar-refractivity contribution in [2.24, 2.45) is 5.73 Å². The van der Waals surface area contributed by atoms with Crippen molar-refractivity contribution in [2.75, 3.05) is 33.8 Å². The van der Waals surface area contributed by atoms with Gasteiger partial charge >= 0.3 is 5.97 Å². The number of carbonyl (C=O) groups is 1. The molecule has 2 rings (SSSR count). The van der Waals surface area contributed by atoms with Gasteiger partial charge < -0.3 is 15.4 Å². The second-order valence-electron chi connectivity index (χ2n) is 6.65. The summed E-state index contributed by atoms with van der Waals surface area (Å²) in [5.41, 5.74) is 5.15. The third kappa shape index (κ3) is 3.51. The molecule has 5 nitrogen and oxygen atoms in total. The highest BCUT2D eigenvalue weighted by Gasteiger charge is 2.35. The van der Waals surface area contributed by atoms with Crippen LogP contribution in [-0.2, 0) is 9.53 Å². The largest absolute Gasteiger partial charge is 0.468 e. The molecule has 0 radical (unpaired) electrons. The number of nitrogens with two attached hydrogens (primary N) is 1. The highest BCUT2D eigenvalue weighted by atomic mass is 16.5. The molecule has 0 spiro atoms. The second-order valence-corrected chi connectivity index (χ2v) is 6.65. The van der Waals surface area contributed by atoms with Gasteiger partial charge in [-0.25, -0.2) is 0 Å². The van der Waals surface area contributed by atoms with Crippen LogP contribution in [0.3, 0.4) is 0 Å². The summed E-state index contributed by atoms with van der Waals surface area (Å²) in [6.07, 6.45) is 5.58. The van der Waals surface area contributed by atoms with E-state index in [0.717, 1.165) is 25.6 Å². The van der Waals surface area contributed by atoms with Gasteiger partial charge in [0.1, 0.15) is 5.54 Å². The van der Waals surface area contributed by atoms with E-state index in [0.29, 0.717) is 12.5 Å². The maximum absolute atomic E-state index is 11.6. The van der Waals surface area contributed by atoms with Gasteiger partial charge in [-0.3, -0.25) is 9.69 Å². The number of ether oxygens (including phenoxy) is 1. The molecule has 0 aromatic rings. The summed E-state index contributed by atoms with van der Waals surface area (Å²) >= 11 is 0. The van der Waals surface area contributed by atoms with Crippen molar-refractivity contribution in [3.05, 3.63) is 0 Å². The highest BCUT2D eigenvalue weighted by molar-refractivity contribution is 5.79. The van der Waals surface area contributed by atoms with Gasteiger partial charge in [-0.15, -0.1) is 0 Å². The quantitative estimate of drug-likeness (QED) is 0.757. The zero-order valence-corrected chi connectivity index (χ0v) is 13.1. The number of hydrogen-bond acceptors (Lipinski definition) is 5. The van der Waals surface area contributed by atoms with Crippen LogP contribution in [0.1, 0.15) is 39.0 Å². The Morgan fingerprint density at radius 2 is 2.05 bits per heavy atom. The summed E-state index contributed by atoms with van der Waals surface area (Å²) in [5, 5.41) is 0. The molecule has 2 heterocycles. The predicted molar refractivity (Wildman–Crippen MR) is 79.5 cm³/mol. The number of methoxy groups -OCH3 is 1. The van der Waals surface area contributed by atoms with Gasteiger partial charge in [0, 0.05) is 18.6 Å². The van der Waals surface area contributed by atoms with Crippen LogP contribution < -0.4 is 5.73 Å². The maximum Gasteiger partial charge on any atom is 0.325 e. The predicted octanol–water partition coefficient (Wildman–Crippen LogP) is 0.826. The molecule has 2 saturated heterocycles. The third-order valence-corrected chi connectivity index (χ3v) is 5.05. The zero-order chi connectivity index (χ0) is 14.8. The summed E-state index contributed by atoms with van der Waals surface area (Å²) in [7, 11) is 3.66. The van der Waals surface area contributed by atoms with E-state index in [9.17, 15) is 4.79 Å². The first-order valence-corrected chi connectivity index (χ1v) is 7.75. The fraction of sp³-hybridized carbons (Fsp3) is 0.933. The van der Waals surface area contributed by atoms with Crippen molar-refractivity contribution in [2.45, 2.75) is 56.7 Å². The SMILES string of the molecule is COC(=O)C(C)(N)CCCN1CCC2CCC(C1)N2C. The molecule has 20 heavy (non-hydrogen) atoms. The Balaban J connectivity index is 1.76. The normalized spacial score (nSPS) is 30.8. The van der Waals surface area contributed by atoms with E-state index in [1.807, 2.05) is 0 Å². The summed E-state index contributed by atoms with van der Waals surface area (Å²) in [4.78, 5) is 16.6. The number of likely N-dealkylation sites (tertiary alicyclic amines) is 1. The summed E-state index contributed by atoms with van der Waals surface area (Å²) < 4.78 is 4.75. The third-order valence-electron chi connectivity index (χ3n) is 5.05. The second kappa shape index (κ2) is 6.41. The lowest BCUT2D eigenvalue weighted by atomic mass is 9.97. The summed E-state index contributed by atoms with van der Waals surface area (Å²) in [6.45, 7) is 5.12. The lowest BCUT2D eigenvalue weighted by Gasteiger charge is -2.27. The Labute approximate surface area is 122 Å². The molecule has 2 N–H and O–H groups in total. The summed E-state index contributed by atoms with van der Waals surface area (Å²) in [6, 6.07) is 1.49. The molecule has 3 atom stereocenters. The molecule has 5 heteroatoms. The van der Waals surface area contributed by atoms with Crippen LogP contribution in [0.5, 0.6) is 0 Å². The smallest absolute Gasteiger partial charge is 0.325 e. The van der Waals surface area contributed by atoms with Crippen LogP contribution in [0.4, 0.5) is 0 Å². The Kier molecular flexibility index (Phi) is 5.04. The minimum absolute atomic E-state index is 0.313. The monoisotopic (exact) mass is 283 g/mol. The van der Waals surface area contributed by atoms with Crippen LogP contribution >= 0.6 is 0 Å². The van der Waals surface area contributed by atoms with Gasteiger partial charge in [-0.05, 0) is 59.2 Å². The Bertz CT molecular complexity index is 346. The van der Waals surface area contributed by atoms with E-state index in [4.69, 9.17) is 10.5 Å². The minimum atomic E-state index is -0.851. The topological polar surface area (TPSA) is 58.8 Å². The standard InChI is InChI=1S/C15H29N3O2/c1-15(16,14(19)20-3)8-4-9-18-10-7-12-5-6-13(11-18)17(12)2/h12-13H,4-11,16H2,1-3H3. The average Bonchev–Trinajstić information content (AvgIpc) is 2.65. The number of hydrogen-bond donors (Lipinski definition) is 1. The first kappa shape index (κ1) is 15.7. The van der Waals surface area contributed by atoms with Crippen molar-refractivity contribution in [3.8, 4) is 0 Å². The fourth-order valence-electron chi connectivity index (χ4n) is 3.59. The Morgan fingerprint density at radius 3 is 2.75 bits per heavy atom. The van der Waals surface area contributed by atoms with Gasteiger partial charge in [-0.1, -0.05) is 0 Å². The summed E-state index contributed by atoms with van der Waals surface area (Å²) in [5.74, 6) is -0.313. The van der Waals surface area contributed by atoms with E-state index < -0.39 is 5.54 Å². The molecule has 2 aliphatic heterocycles. The average molecular weight is 283 g/mol. The molecule has 0 aromatic heterocycles. The lowest BCUT2D eigenvalue weighted by molar-refractivity contribution is -0.146. The molecule has 0 aliphatic carbocycles. The van der Waals surface area contributed by atoms with Crippen LogP contribution in [0.25, 0.3) is 0 Å². The fourth-order valence-corrected chi connectivity index (χ4v) is 3.59. The number of esters is 1. The van der Waals surface area contributed by atoms with Crippen molar-refractivity contribution < 1.29 is 9.53 Å². The zero-order valence-electron chi connectivity index (χ0n) is 13.1. The maximum atomic E-state index is 11.6. The molecular weight excluding hydrogens is 254 g/mol. The number of nitrogens with zero attached hydrogens (tertiary/aromatic N) is 2. The van der Waals surface area contributed by atoms with Crippen LogP contribution in [0, 0.1) is 0 Å². The van der Waals surface area contributed by atoms with Gasteiger partial charge in [0.15, 0.2) is 0 Å². The number of carbonyl (C=O) groups excluding carboxylic acids is 1. The van der Waals surface area contributed by atoms with Gasteiger partial charge in [-0.2, -0.15) is 0 Å². The van der Waals surface area contributed by atoms with Gasteiger partial charge in [0.2, 0.25) is 0 Å². The van der Waals surface area contributed by atoms with E-state index >= 15 is 0 Å². The first-order chi connectivity index (χ1) is 9.44. The van der Waals surface area contributed by atoms with Crippen molar-refractivity contribution in [1.82, 2.24) is 9.80 Å². The van der Waals surface area contributed by atoms with Crippen molar-refractivity contribution >= 4 is 5.97 Å². The lowest BCUT2D eigenvalue weighted by Crippen LogP contribution is -2.46. The highest BCUT2D eigenvalue weighted by Crippen LogP contribution is 2.28. The van der Waals surface area contributed by atoms with Crippen LogP contribution in [-0.4, -0.2) is 67.2 Å². The molecule has 2 fully saturated rings. The molecule has 3 unspecified atom stereocenters. The first-order valence-electron chi connectivity index (χ1n) is 7.75. The van der Waals surface area contributed by atoms with Gasteiger partial charge in [0.25, 0.3) is 0 Å². The number of rotatable bonds is 5. The molecule has 2 aliphatic rings. The number of fused-ring (bicyclic) bond motifs is 2. The Morgan fingerprint density at radius 1 is 1.35 bits per heavy atom. The molecular formula is C15H29N3O2. The molecule has 0 aromatic carbocycles. The minimum Gasteiger partial charge on any atom is -0.468 e. The van der Waals surface area contributed by atoms with Gasteiger partial charge in [0.05, 0.1) is 7.11 Å². The molecule has 116 valence electrons. The Hall–Kier alpha value is -0.650. The van der Waals surface area contributed by atoms with E-state index in [1.54, 1.807) is 6.92 Å².